The van der Waals surface area contributed by atoms with Gasteiger partial charge in [0.25, 0.3) is 5.91 Å². The summed E-state index contributed by atoms with van der Waals surface area (Å²) < 4.78 is 30.8. The molecule has 0 unspecified atom stereocenters. The minimum Gasteiger partial charge on any atom is -0.493 e. The maximum absolute atomic E-state index is 12.5. The summed E-state index contributed by atoms with van der Waals surface area (Å²) in [5, 5.41) is 0. The van der Waals surface area contributed by atoms with Crippen molar-refractivity contribution in [2.75, 3.05) is 38.5 Å². The third-order valence-corrected chi connectivity index (χ3v) is 5.85. The van der Waals surface area contributed by atoms with E-state index in [4.69, 9.17) is 4.74 Å². The van der Waals surface area contributed by atoms with Gasteiger partial charge in [0.1, 0.15) is 5.75 Å². The lowest BCUT2D eigenvalue weighted by Crippen LogP contribution is -2.50. The monoisotopic (exact) mass is 354 g/mol. The number of hydrogen-bond acceptors (Lipinski definition) is 4. The van der Waals surface area contributed by atoms with Gasteiger partial charge in [-0.3, -0.25) is 4.79 Å². The van der Waals surface area contributed by atoms with Crippen LogP contribution >= 0.6 is 0 Å². The molecule has 134 valence electrons. The predicted octanol–water partition coefficient (Wildman–Crippen LogP) is 1.83. The zero-order chi connectivity index (χ0) is 17.7. The maximum atomic E-state index is 12.5. The summed E-state index contributed by atoms with van der Waals surface area (Å²) in [6.07, 6.45) is 0. The van der Waals surface area contributed by atoms with Gasteiger partial charge in [-0.15, -0.1) is 0 Å². The Balaban J connectivity index is 1.93. The van der Waals surface area contributed by atoms with E-state index in [-0.39, 0.29) is 11.7 Å². The van der Waals surface area contributed by atoms with Crippen molar-refractivity contribution in [1.29, 1.82) is 0 Å². The third kappa shape index (κ3) is 4.70. The van der Waals surface area contributed by atoms with Crippen LogP contribution in [0.4, 0.5) is 0 Å². The van der Waals surface area contributed by atoms with Gasteiger partial charge in [0.15, 0.2) is 0 Å². The van der Waals surface area contributed by atoms with Crippen LogP contribution in [0.3, 0.4) is 0 Å². The molecule has 0 N–H and O–H groups in total. The number of carbonyl (C=O) groups excluding carboxylic acids is 1. The van der Waals surface area contributed by atoms with Crippen molar-refractivity contribution >= 4 is 15.9 Å². The van der Waals surface area contributed by atoms with E-state index < -0.39 is 10.0 Å². The first-order valence-electron chi connectivity index (χ1n) is 8.33. The van der Waals surface area contributed by atoms with Crippen molar-refractivity contribution < 1.29 is 17.9 Å². The molecule has 0 aliphatic carbocycles. The first-order valence-corrected chi connectivity index (χ1v) is 9.94. The molecule has 24 heavy (non-hydrogen) atoms. The zero-order valence-corrected chi connectivity index (χ0v) is 15.4. The van der Waals surface area contributed by atoms with Gasteiger partial charge in [-0.1, -0.05) is 13.8 Å². The molecule has 0 spiro atoms. The SMILES string of the molecule is CCS(=O)(=O)N1CCN(C(=O)c2ccc(OCC(C)C)cc2)CC1. The molecule has 1 amide bonds. The van der Waals surface area contributed by atoms with Gasteiger partial charge in [-0.05, 0) is 37.1 Å². The number of sulfonamides is 1. The average molecular weight is 354 g/mol. The molecular formula is C17H26N2O4S. The smallest absolute Gasteiger partial charge is 0.253 e. The van der Waals surface area contributed by atoms with Gasteiger partial charge < -0.3 is 9.64 Å². The second-order valence-electron chi connectivity index (χ2n) is 6.32. The minimum atomic E-state index is -3.18. The van der Waals surface area contributed by atoms with Gasteiger partial charge in [0, 0.05) is 31.7 Å². The molecule has 0 bridgehead atoms. The van der Waals surface area contributed by atoms with Crippen LogP contribution in [0, 0.1) is 5.92 Å². The summed E-state index contributed by atoms with van der Waals surface area (Å²) in [5.74, 6) is 1.22. The summed E-state index contributed by atoms with van der Waals surface area (Å²) in [5.41, 5.74) is 0.596. The van der Waals surface area contributed by atoms with Gasteiger partial charge in [0.05, 0.1) is 12.4 Å². The lowest BCUT2D eigenvalue weighted by molar-refractivity contribution is 0.0698. The minimum absolute atomic E-state index is 0.0704. The Bertz CT molecular complexity index is 648. The third-order valence-electron chi connectivity index (χ3n) is 3.97. The zero-order valence-electron chi connectivity index (χ0n) is 14.6. The first kappa shape index (κ1) is 18.7. The van der Waals surface area contributed by atoms with Gasteiger partial charge in [-0.25, -0.2) is 8.42 Å². The van der Waals surface area contributed by atoms with Crippen molar-refractivity contribution in [1.82, 2.24) is 9.21 Å². The van der Waals surface area contributed by atoms with Crippen molar-refractivity contribution in [2.24, 2.45) is 5.92 Å². The van der Waals surface area contributed by atoms with Crippen LogP contribution in [-0.2, 0) is 10.0 Å². The molecule has 7 heteroatoms. The highest BCUT2D eigenvalue weighted by Gasteiger charge is 2.27. The fraction of sp³-hybridized carbons (Fsp3) is 0.588. The van der Waals surface area contributed by atoms with Crippen LogP contribution < -0.4 is 4.74 Å². The summed E-state index contributed by atoms with van der Waals surface area (Å²) in [6, 6.07) is 7.11. The standard InChI is InChI=1S/C17H26N2O4S/c1-4-24(21,22)19-11-9-18(10-12-19)17(20)15-5-7-16(8-6-15)23-13-14(2)3/h5-8,14H,4,9-13H2,1-3H3. The van der Waals surface area contributed by atoms with Crippen LogP contribution in [0.1, 0.15) is 31.1 Å². The van der Waals surface area contributed by atoms with E-state index in [1.54, 1.807) is 36.1 Å². The number of amides is 1. The number of hydrogen-bond donors (Lipinski definition) is 0. The predicted molar refractivity (Wildman–Crippen MR) is 93.7 cm³/mol. The molecule has 0 saturated carbocycles. The molecule has 0 radical (unpaired) electrons. The van der Waals surface area contributed by atoms with E-state index in [0.717, 1.165) is 5.75 Å². The highest BCUT2D eigenvalue weighted by molar-refractivity contribution is 7.89. The molecule has 0 aromatic heterocycles. The quantitative estimate of drug-likeness (QED) is 0.782. The van der Waals surface area contributed by atoms with E-state index in [9.17, 15) is 13.2 Å². The van der Waals surface area contributed by atoms with Crippen molar-refractivity contribution in [3.05, 3.63) is 29.8 Å². The van der Waals surface area contributed by atoms with E-state index in [2.05, 4.69) is 13.8 Å². The molecule has 6 nitrogen and oxygen atoms in total. The molecule has 1 aliphatic rings. The van der Waals surface area contributed by atoms with Gasteiger partial charge >= 0.3 is 0 Å². The molecule has 0 atom stereocenters. The normalized spacial score (nSPS) is 16.4. The highest BCUT2D eigenvalue weighted by Crippen LogP contribution is 2.16. The molecule has 2 rings (SSSR count). The molecule has 1 aromatic carbocycles. The number of benzene rings is 1. The number of nitrogens with zero attached hydrogens (tertiary/aromatic N) is 2. The Hall–Kier alpha value is -1.60. The molecule has 1 heterocycles. The Kier molecular flexibility index (Phi) is 6.23. The van der Waals surface area contributed by atoms with E-state index >= 15 is 0 Å². The average Bonchev–Trinajstić information content (AvgIpc) is 2.60. The largest absolute Gasteiger partial charge is 0.493 e. The van der Waals surface area contributed by atoms with Crippen molar-refractivity contribution in [2.45, 2.75) is 20.8 Å². The molecular weight excluding hydrogens is 328 g/mol. The van der Waals surface area contributed by atoms with Crippen LogP contribution in [0.15, 0.2) is 24.3 Å². The van der Waals surface area contributed by atoms with E-state index in [0.29, 0.717) is 44.3 Å². The topological polar surface area (TPSA) is 66.9 Å². The maximum Gasteiger partial charge on any atom is 0.253 e. The Morgan fingerprint density at radius 2 is 1.71 bits per heavy atom. The summed E-state index contributed by atoms with van der Waals surface area (Å²) in [7, 11) is -3.18. The second kappa shape index (κ2) is 7.98. The van der Waals surface area contributed by atoms with Crippen LogP contribution in [-0.4, -0.2) is 62.1 Å². The first-order chi connectivity index (χ1) is 11.3. The van der Waals surface area contributed by atoms with Crippen molar-refractivity contribution in [3.8, 4) is 5.75 Å². The Morgan fingerprint density at radius 3 is 2.21 bits per heavy atom. The Labute approximate surface area is 144 Å². The highest BCUT2D eigenvalue weighted by atomic mass is 32.2. The molecule has 1 aliphatic heterocycles. The lowest BCUT2D eigenvalue weighted by atomic mass is 10.1. The van der Waals surface area contributed by atoms with Crippen LogP contribution in [0.25, 0.3) is 0 Å². The molecule has 1 saturated heterocycles. The number of piperazine rings is 1. The van der Waals surface area contributed by atoms with Gasteiger partial charge in [-0.2, -0.15) is 4.31 Å². The number of rotatable bonds is 6. The van der Waals surface area contributed by atoms with Crippen LogP contribution in [0.5, 0.6) is 5.75 Å². The fourth-order valence-electron chi connectivity index (χ4n) is 2.49. The molecule has 1 fully saturated rings. The van der Waals surface area contributed by atoms with Gasteiger partial charge in [0.2, 0.25) is 10.0 Å². The second-order valence-corrected chi connectivity index (χ2v) is 8.58. The summed E-state index contributed by atoms with van der Waals surface area (Å²) in [4.78, 5) is 14.2. The van der Waals surface area contributed by atoms with Crippen LogP contribution in [0.2, 0.25) is 0 Å². The lowest BCUT2D eigenvalue weighted by Gasteiger charge is -2.33. The van der Waals surface area contributed by atoms with E-state index in [1.165, 1.54) is 4.31 Å². The summed E-state index contributed by atoms with van der Waals surface area (Å²) in [6.45, 7) is 7.99. The fourth-order valence-corrected chi connectivity index (χ4v) is 3.58. The Morgan fingerprint density at radius 1 is 1.12 bits per heavy atom. The molecule has 1 aromatic rings. The number of ether oxygens (including phenoxy) is 1. The van der Waals surface area contributed by atoms with E-state index in [1.807, 2.05) is 0 Å². The number of carbonyl (C=O) groups is 1. The summed E-state index contributed by atoms with van der Waals surface area (Å²) >= 11 is 0. The van der Waals surface area contributed by atoms with Crippen molar-refractivity contribution in [3.63, 3.8) is 0 Å².